The molecule has 0 spiro atoms. The lowest BCUT2D eigenvalue weighted by molar-refractivity contribution is 0.865. The molecule has 0 N–H and O–H groups in total. The van der Waals surface area contributed by atoms with Gasteiger partial charge in [-0.25, -0.2) is 4.98 Å². The molecule has 6 rings (SSSR count). The van der Waals surface area contributed by atoms with E-state index >= 15 is 0 Å². The number of pyridine rings is 1. The van der Waals surface area contributed by atoms with E-state index in [-0.39, 0.29) is 0 Å². The minimum atomic E-state index is 0.513. The number of aryl methyl sites for hydroxylation is 2. The Kier molecular flexibility index (Phi) is 6.84. The van der Waals surface area contributed by atoms with E-state index in [0.717, 1.165) is 11.3 Å². The Balaban J connectivity index is 0.000000892. The predicted octanol–water partition coefficient (Wildman–Crippen LogP) is 10.1. The number of hydrogen-bond acceptors (Lipinski definition) is 1. The van der Waals surface area contributed by atoms with Crippen molar-refractivity contribution in [1.82, 2.24) is 9.38 Å². The first-order valence-corrected chi connectivity index (χ1v) is 13.4. The fourth-order valence-electron chi connectivity index (χ4n) is 5.32. The molecule has 2 nitrogen and oxygen atoms in total. The van der Waals surface area contributed by atoms with Crippen LogP contribution in [0.2, 0.25) is 0 Å². The van der Waals surface area contributed by atoms with Gasteiger partial charge in [-0.2, -0.15) is 0 Å². The highest BCUT2D eigenvalue weighted by molar-refractivity contribution is 6.18. The van der Waals surface area contributed by atoms with Crippen LogP contribution in [0.5, 0.6) is 0 Å². The molecule has 0 aliphatic rings. The highest BCUT2D eigenvalue weighted by Crippen LogP contribution is 2.39. The number of benzene rings is 4. The topological polar surface area (TPSA) is 17.3 Å². The Morgan fingerprint density at radius 1 is 0.703 bits per heavy atom. The summed E-state index contributed by atoms with van der Waals surface area (Å²) in [5.74, 6) is 0.513. The quantitative estimate of drug-likeness (QED) is 0.228. The van der Waals surface area contributed by atoms with Crippen LogP contribution in [0.3, 0.4) is 0 Å². The lowest BCUT2D eigenvalue weighted by Gasteiger charge is -2.16. The van der Waals surface area contributed by atoms with Crippen LogP contribution in [0, 0.1) is 13.8 Å². The van der Waals surface area contributed by atoms with Crippen molar-refractivity contribution in [3.05, 3.63) is 108 Å². The van der Waals surface area contributed by atoms with E-state index in [2.05, 4.69) is 131 Å². The van der Waals surface area contributed by atoms with Crippen molar-refractivity contribution in [2.75, 3.05) is 0 Å². The van der Waals surface area contributed by atoms with Gasteiger partial charge in [0.2, 0.25) is 0 Å². The summed E-state index contributed by atoms with van der Waals surface area (Å²) in [7, 11) is 0. The van der Waals surface area contributed by atoms with E-state index < -0.39 is 0 Å². The highest BCUT2D eigenvalue weighted by Gasteiger charge is 2.18. The Bertz CT molecular complexity index is 1720. The fourth-order valence-corrected chi connectivity index (χ4v) is 5.32. The minimum Gasteiger partial charge on any atom is -0.292 e. The first kappa shape index (κ1) is 24.8. The number of hydrogen-bond donors (Lipinski definition) is 0. The van der Waals surface area contributed by atoms with Gasteiger partial charge in [-0.15, -0.1) is 0 Å². The molecule has 0 amide bonds. The van der Waals surface area contributed by atoms with Crippen molar-refractivity contribution in [3.63, 3.8) is 0 Å². The van der Waals surface area contributed by atoms with Gasteiger partial charge in [0.15, 0.2) is 0 Å². The molecule has 37 heavy (non-hydrogen) atoms. The molecule has 2 heteroatoms. The molecule has 0 unspecified atom stereocenters. The minimum absolute atomic E-state index is 0.513. The van der Waals surface area contributed by atoms with Crippen molar-refractivity contribution in [2.24, 2.45) is 0 Å². The smallest absolute Gasteiger partial charge is 0.145 e. The summed E-state index contributed by atoms with van der Waals surface area (Å²) in [4.78, 5) is 4.99. The molecule has 0 aliphatic heterocycles. The zero-order valence-electron chi connectivity index (χ0n) is 22.8. The largest absolute Gasteiger partial charge is 0.292 e. The summed E-state index contributed by atoms with van der Waals surface area (Å²) in [6.45, 7) is 13.1. The van der Waals surface area contributed by atoms with Crippen molar-refractivity contribution < 1.29 is 0 Å². The van der Waals surface area contributed by atoms with Crippen LogP contribution in [0.4, 0.5) is 0 Å². The zero-order chi connectivity index (χ0) is 26.1. The van der Waals surface area contributed by atoms with Crippen LogP contribution >= 0.6 is 0 Å². The summed E-state index contributed by atoms with van der Waals surface area (Å²) >= 11 is 0. The van der Waals surface area contributed by atoms with Crippen molar-refractivity contribution in [2.45, 2.75) is 53.9 Å². The van der Waals surface area contributed by atoms with E-state index in [1.165, 1.54) is 61.5 Å². The SMILES string of the molecule is CCC.Cc1ccccc1-c1cccc2c1c1ccccc1n1c(-c3ccc(C(C)C)cc3C)cnc21. The number of nitrogens with zero attached hydrogens (tertiary/aromatic N) is 2. The maximum atomic E-state index is 4.99. The Hall–Kier alpha value is -3.91. The molecule has 186 valence electrons. The summed E-state index contributed by atoms with van der Waals surface area (Å²) in [6, 6.07) is 30.8. The van der Waals surface area contributed by atoms with Gasteiger partial charge in [0.1, 0.15) is 5.65 Å². The second-order valence-corrected chi connectivity index (χ2v) is 10.3. The average molecular weight is 485 g/mol. The number of rotatable bonds is 3. The summed E-state index contributed by atoms with van der Waals surface area (Å²) in [6.07, 6.45) is 3.29. The van der Waals surface area contributed by atoms with Gasteiger partial charge in [0, 0.05) is 21.7 Å². The Morgan fingerprint density at radius 2 is 1.38 bits per heavy atom. The van der Waals surface area contributed by atoms with Crippen LogP contribution in [0.1, 0.15) is 56.7 Å². The third-order valence-electron chi connectivity index (χ3n) is 7.11. The Morgan fingerprint density at radius 3 is 2.11 bits per heavy atom. The number of aromatic nitrogens is 2. The van der Waals surface area contributed by atoms with Gasteiger partial charge < -0.3 is 0 Å². The highest BCUT2D eigenvalue weighted by atomic mass is 15.0. The lowest BCUT2D eigenvalue weighted by Crippen LogP contribution is -1.97. The zero-order valence-corrected chi connectivity index (χ0v) is 22.8. The van der Waals surface area contributed by atoms with Crippen molar-refractivity contribution >= 4 is 27.3 Å². The van der Waals surface area contributed by atoms with Gasteiger partial charge in [-0.05, 0) is 53.6 Å². The van der Waals surface area contributed by atoms with E-state index in [0.29, 0.717) is 5.92 Å². The van der Waals surface area contributed by atoms with Crippen LogP contribution in [0.25, 0.3) is 49.7 Å². The molecule has 0 saturated heterocycles. The van der Waals surface area contributed by atoms with E-state index in [1.54, 1.807) is 0 Å². The molecule has 2 heterocycles. The molecule has 0 aliphatic carbocycles. The molecular formula is C35H36N2. The normalized spacial score (nSPS) is 11.3. The molecule has 6 aromatic rings. The summed E-state index contributed by atoms with van der Waals surface area (Å²) in [5.41, 5.74) is 11.0. The molecule has 0 radical (unpaired) electrons. The standard InChI is InChI=1S/C32H28N2.C3H8/c1-20(2)23-16-17-25(22(4)18-23)30-19-33-32-28-14-9-13-26(24-11-6-5-10-21(24)3)31(28)27-12-7-8-15-29(27)34(30)32;1-3-2/h5-20H,1-4H3;3H2,1-2H3. The second kappa shape index (κ2) is 10.2. The van der Waals surface area contributed by atoms with Crippen LogP contribution in [-0.4, -0.2) is 9.38 Å². The molecule has 2 aromatic heterocycles. The lowest BCUT2D eigenvalue weighted by atomic mass is 9.93. The fraction of sp³-hybridized carbons (Fsp3) is 0.229. The summed E-state index contributed by atoms with van der Waals surface area (Å²) < 4.78 is 2.34. The predicted molar refractivity (Wildman–Crippen MR) is 161 cm³/mol. The van der Waals surface area contributed by atoms with Crippen LogP contribution in [0.15, 0.2) is 91.1 Å². The second-order valence-electron chi connectivity index (χ2n) is 10.3. The van der Waals surface area contributed by atoms with Crippen molar-refractivity contribution in [3.8, 4) is 22.4 Å². The number of imidazole rings is 1. The maximum absolute atomic E-state index is 4.99. The van der Waals surface area contributed by atoms with E-state index in [4.69, 9.17) is 4.98 Å². The van der Waals surface area contributed by atoms with E-state index in [1.807, 2.05) is 6.20 Å². The van der Waals surface area contributed by atoms with Crippen LogP contribution in [-0.2, 0) is 0 Å². The van der Waals surface area contributed by atoms with Crippen LogP contribution < -0.4 is 0 Å². The van der Waals surface area contributed by atoms with Gasteiger partial charge in [-0.3, -0.25) is 4.40 Å². The van der Waals surface area contributed by atoms with Gasteiger partial charge >= 0.3 is 0 Å². The maximum Gasteiger partial charge on any atom is 0.145 e. The van der Waals surface area contributed by atoms with Gasteiger partial charge in [-0.1, -0.05) is 113 Å². The summed E-state index contributed by atoms with van der Waals surface area (Å²) in [5, 5.41) is 3.70. The molecule has 0 atom stereocenters. The first-order chi connectivity index (χ1) is 18.0. The Labute approximate surface area is 220 Å². The third kappa shape index (κ3) is 4.31. The number of fused-ring (bicyclic) bond motifs is 6. The number of para-hydroxylation sites is 1. The molecule has 0 fully saturated rings. The van der Waals surface area contributed by atoms with Gasteiger partial charge in [0.05, 0.1) is 17.4 Å². The third-order valence-corrected chi connectivity index (χ3v) is 7.11. The molecule has 4 aromatic carbocycles. The molecule has 0 saturated carbocycles. The monoisotopic (exact) mass is 484 g/mol. The van der Waals surface area contributed by atoms with Crippen molar-refractivity contribution in [1.29, 1.82) is 0 Å². The molecular weight excluding hydrogens is 448 g/mol. The van der Waals surface area contributed by atoms with Gasteiger partial charge in [0.25, 0.3) is 0 Å². The first-order valence-electron chi connectivity index (χ1n) is 13.4. The average Bonchev–Trinajstić information content (AvgIpc) is 3.34. The molecule has 0 bridgehead atoms. The van der Waals surface area contributed by atoms with E-state index in [9.17, 15) is 0 Å².